The lowest BCUT2D eigenvalue weighted by Gasteiger charge is -2.07. The molecular weight excluding hydrogens is 447 g/mol. The number of halogens is 4. The van der Waals surface area contributed by atoms with Gasteiger partial charge in [0.05, 0.1) is 0 Å². The molecule has 0 radical (unpaired) electrons. The van der Waals surface area contributed by atoms with Crippen LogP contribution in [0, 0.1) is 0 Å². The van der Waals surface area contributed by atoms with Crippen molar-refractivity contribution in [3.05, 3.63) is 47.5 Å². The lowest BCUT2D eigenvalue weighted by molar-refractivity contribution is -0.173. The summed E-state index contributed by atoms with van der Waals surface area (Å²) in [4.78, 5) is 10.6. The third-order valence-corrected chi connectivity index (χ3v) is 4.15. The summed E-state index contributed by atoms with van der Waals surface area (Å²) >= 11 is 3.35. The standard InChI is InChI=1S/C9H6F3N3O2.C7H5BrN2O/c10-9(11,12)8(16)13-4-5-1-2-6-7(3-5)15-17-14-6;8-4-5-1-2-6-7(3-5)10-11-9-6/h1-3H,4H2,(H,13,16);1-3H,4H2. The lowest BCUT2D eigenvalue weighted by Crippen LogP contribution is -2.36. The number of fused-ring (bicyclic) bond motifs is 2. The van der Waals surface area contributed by atoms with Gasteiger partial charge in [0.25, 0.3) is 0 Å². The molecule has 0 spiro atoms. The van der Waals surface area contributed by atoms with Crippen molar-refractivity contribution in [2.24, 2.45) is 0 Å². The Morgan fingerprint density at radius 2 is 1.39 bits per heavy atom. The average Bonchev–Trinajstić information content (AvgIpc) is 3.33. The predicted molar refractivity (Wildman–Crippen MR) is 94.1 cm³/mol. The second-order valence-corrected chi connectivity index (χ2v) is 6.05. The molecule has 0 unspecified atom stereocenters. The number of hydrogen-bond donors (Lipinski definition) is 1. The molecule has 0 atom stereocenters. The molecule has 0 saturated carbocycles. The van der Waals surface area contributed by atoms with Crippen molar-refractivity contribution in [1.29, 1.82) is 0 Å². The molecule has 28 heavy (non-hydrogen) atoms. The number of carbonyl (C=O) groups is 1. The maximum absolute atomic E-state index is 11.9. The number of amides is 1. The van der Waals surface area contributed by atoms with Gasteiger partial charge in [-0.25, -0.2) is 9.26 Å². The van der Waals surface area contributed by atoms with Crippen molar-refractivity contribution in [3.63, 3.8) is 0 Å². The zero-order valence-electron chi connectivity index (χ0n) is 13.9. The monoisotopic (exact) mass is 457 g/mol. The fourth-order valence-corrected chi connectivity index (χ4v) is 2.48. The summed E-state index contributed by atoms with van der Waals surface area (Å²) in [5.74, 6) is -1.98. The first-order valence-electron chi connectivity index (χ1n) is 7.70. The predicted octanol–water partition coefficient (Wildman–Crippen LogP) is 3.52. The Kier molecular flexibility index (Phi) is 5.87. The highest BCUT2D eigenvalue weighted by Crippen LogP contribution is 2.16. The highest BCUT2D eigenvalue weighted by atomic mass is 79.9. The number of rotatable bonds is 3. The number of nitrogens with zero attached hydrogens (tertiary/aromatic N) is 4. The van der Waals surface area contributed by atoms with Gasteiger partial charge in [0.1, 0.15) is 22.1 Å². The minimum absolute atomic E-state index is 0.235. The van der Waals surface area contributed by atoms with Crippen molar-refractivity contribution in [2.45, 2.75) is 18.1 Å². The molecule has 12 heteroatoms. The van der Waals surface area contributed by atoms with Crippen molar-refractivity contribution in [1.82, 2.24) is 25.9 Å². The van der Waals surface area contributed by atoms with Crippen LogP contribution in [0.3, 0.4) is 0 Å². The van der Waals surface area contributed by atoms with Crippen LogP contribution in [0.2, 0.25) is 0 Å². The van der Waals surface area contributed by atoms with Gasteiger partial charge in [0, 0.05) is 11.9 Å². The van der Waals surface area contributed by atoms with E-state index < -0.39 is 12.1 Å². The molecule has 0 aliphatic heterocycles. The maximum Gasteiger partial charge on any atom is 0.471 e. The number of nitrogens with one attached hydrogen (secondary N) is 1. The van der Waals surface area contributed by atoms with E-state index in [-0.39, 0.29) is 6.54 Å². The lowest BCUT2D eigenvalue weighted by atomic mass is 10.2. The van der Waals surface area contributed by atoms with E-state index in [1.807, 2.05) is 18.2 Å². The molecule has 0 bridgehead atoms. The molecule has 4 rings (SSSR count). The summed E-state index contributed by atoms with van der Waals surface area (Å²) in [6, 6.07) is 10.4. The molecule has 2 aromatic carbocycles. The third-order valence-electron chi connectivity index (χ3n) is 3.50. The van der Waals surface area contributed by atoms with E-state index in [9.17, 15) is 18.0 Å². The quantitative estimate of drug-likeness (QED) is 0.469. The Labute approximate surface area is 163 Å². The van der Waals surface area contributed by atoms with E-state index in [1.165, 1.54) is 17.7 Å². The first kappa shape index (κ1) is 19.7. The van der Waals surface area contributed by atoms with Gasteiger partial charge in [-0.15, -0.1) is 0 Å². The van der Waals surface area contributed by atoms with Crippen LogP contribution >= 0.6 is 15.9 Å². The summed E-state index contributed by atoms with van der Waals surface area (Å²) in [5, 5.41) is 17.1. The van der Waals surface area contributed by atoms with Gasteiger partial charge in [-0.3, -0.25) is 4.79 Å². The van der Waals surface area contributed by atoms with E-state index in [0.717, 1.165) is 16.4 Å². The molecule has 0 aliphatic carbocycles. The largest absolute Gasteiger partial charge is 0.471 e. The molecule has 1 N–H and O–H groups in total. The summed E-state index contributed by atoms with van der Waals surface area (Å²) in [6.07, 6.45) is -4.88. The minimum atomic E-state index is -4.88. The van der Waals surface area contributed by atoms with Gasteiger partial charge in [-0.1, -0.05) is 28.1 Å². The van der Waals surface area contributed by atoms with Crippen molar-refractivity contribution in [2.75, 3.05) is 0 Å². The van der Waals surface area contributed by atoms with Crippen molar-refractivity contribution < 1.29 is 27.2 Å². The molecular formula is C16H11BrF3N5O3. The Bertz CT molecular complexity index is 1100. The summed E-state index contributed by atoms with van der Waals surface area (Å²) in [7, 11) is 0. The van der Waals surface area contributed by atoms with E-state index in [2.05, 4.69) is 45.8 Å². The maximum atomic E-state index is 11.9. The van der Waals surface area contributed by atoms with Gasteiger partial charge in [-0.05, 0) is 56.0 Å². The van der Waals surface area contributed by atoms with Crippen LogP contribution in [0.15, 0.2) is 45.7 Å². The molecule has 2 heterocycles. The molecule has 8 nitrogen and oxygen atoms in total. The van der Waals surface area contributed by atoms with Gasteiger partial charge >= 0.3 is 12.1 Å². The Morgan fingerprint density at radius 1 is 0.893 bits per heavy atom. The Balaban J connectivity index is 0.000000176. The molecule has 0 fully saturated rings. The normalized spacial score (nSPS) is 11.3. The minimum Gasteiger partial charge on any atom is -0.344 e. The molecule has 146 valence electrons. The fraction of sp³-hybridized carbons (Fsp3) is 0.188. The molecule has 0 saturated heterocycles. The number of hydrogen-bond acceptors (Lipinski definition) is 7. The van der Waals surface area contributed by atoms with E-state index >= 15 is 0 Å². The van der Waals surface area contributed by atoms with Crippen LogP contribution < -0.4 is 5.32 Å². The van der Waals surface area contributed by atoms with Crippen LogP contribution in [0.4, 0.5) is 13.2 Å². The second-order valence-electron chi connectivity index (χ2n) is 5.49. The summed E-state index contributed by atoms with van der Waals surface area (Å²) < 4.78 is 44.7. The van der Waals surface area contributed by atoms with Crippen molar-refractivity contribution in [3.8, 4) is 0 Å². The van der Waals surface area contributed by atoms with Gasteiger partial charge in [0.2, 0.25) is 0 Å². The third kappa shape index (κ3) is 4.82. The average molecular weight is 458 g/mol. The highest BCUT2D eigenvalue weighted by Gasteiger charge is 2.38. The summed E-state index contributed by atoms with van der Waals surface area (Å²) in [6.45, 7) is -0.235. The Hall–Kier alpha value is -3.02. The second kappa shape index (κ2) is 8.33. The zero-order valence-corrected chi connectivity index (χ0v) is 15.5. The van der Waals surface area contributed by atoms with E-state index in [1.54, 1.807) is 11.4 Å². The van der Waals surface area contributed by atoms with Crippen molar-refractivity contribution >= 4 is 43.9 Å². The van der Waals surface area contributed by atoms with Gasteiger partial charge < -0.3 is 5.32 Å². The van der Waals surface area contributed by atoms with Crippen LogP contribution in [0.1, 0.15) is 11.1 Å². The van der Waals surface area contributed by atoms with Crippen LogP contribution in [-0.2, 0) is 16.7 Å². The number of alkyl halides is 4. The smallest absolute Gasteiger partial charge is 0.344 e. The van der Waals surface area contributed by atoms with E-state index in [4.69, 9.17) is 0 Å². The number of aromatic nitrogens is 4. The number of benzene rings is 2. The molecule has 2 aromatic heterocycles. The molecule has 4 aromatic rings. The first-order chi connectivity index (χ1) is 13.4. The SMILES string of the molecule is BrCc1ccc2nonc2c1.O=C(NCc1ccc2nonc2c1)C(F)(F)F. The fourth-order valence-electron chi connectivity index (χ4n) is 2.13. The Morgan fingerprint density at radius 3 is 1.93 bits per heavy atom. The molecule has 1 amide bonds. The number of carbonyl (C=O) groups excluding carboxylic acids is 1. The highest BCUT2D eigenvalue weighted by molar-refractivity contribution is 9.08. The zero-order chi connectivity index (χ0) is 20.1. The van der Waals surface area contributed by atoms with Crippen LogP contribution in [-0.4, -0.2) is 32.7 Å². The van der Waals surface area contributed by atoms with Gasteiger partial charge in [0.15, 0.2) is 0 Å². The summed E-state index contributed by atoms with van der Waals surface area (Å²) in [5.41, 5.74) is 4.18. The van der Waals surface area contributed by atoms with Crippen LogP contribution in [0.25, 0.3) is 22.1 Å². The van der Waals surface area contributed by atoms with Crippen LogP contribution in [0.5, 0.6) is 0 Å². The molecule has 0 aliphatic rings. The topological polar surface area (TPSA) is 107 Å². The van der Waals surface area contributed by atoms with E-state index in [0.29, 0.717) is 16.6 Å². The first-order valence-corrected chi connectivity index (χ1v) is 8.82. The van der Waals surface area contributed by atoms with Gasteiger partial charge in [-0.2, -0.15) is 13.2 Å².